The Labute approximate surface area is 190 Å². The monoisotopic (exact) mass is 475 g/mol. The number of pyridine rings is 1. The van der Waals surface area contributed by atoms with Gasteiger partial charge in [0.2, 0.25) is 5.82 Å². The zero-order valence-corrected chi connectivity index (χ0v) is 18.2. The van der Waals surface area contributed by atoms with E-state index in [-0.39, 0.29) is 11.5 Å². The SMILES string of the molecule is Nc1nc(NCCSc2nc(-c3ccc(Cl)cc3Cl)cc3nccn23)ccc1[N+](=O)[O-]. The van der Waals surface area contributed by atoms with Crippen LogP contribution in [0.4, 0.5) is 17.3 Å². The van der Waals surface area contributed by atoms with E-state index in [9.17, 15) is 10.1 Å². The molecule has 9 nitrogen and oxygen atoms in total. The molecule has 0 unspecified atom stereocenters. The number of nitrogen functional groups attached to an aromatic ring is 1. The maximum atomic E-state index is 10.8. The van der Waals surface area contributed by atoms with Crippen molar-refractivity contribution in [2.24, 2.45) is 0 Å². The average molecular weight is 476 g/mol. The third-order valence-electron chi connectivity index (χ3n) is 4.30. The van der Waals surface area contributed by atoms with Crippen molar-refractivity contribution in [1.82, 2.24) is 19.4 Å². The van der Waals surface area contributed by atoms with Gasteiger partial charge in [-0.05, 0) is 24.3 Å². The number of hydrogen-bond donors (Lipinski definition) is 2. The van der Waals surface area contributed by atoms with Crippen LogP contribution in [0, 0.1) is 10.1 Å². The topological polar surface area (TPSA) is 124 Å². The number of imidazole rings is 1. The predicted octanol–water partition coefficient (Wildman–Crippen LogP) is 4.79. The lowest BCUT2D eigenvalue weighted by Gasteiger charge is -2.10. The first-order valence-electron chi connectivity index (χ1n) is 8.99. The molecular formula is C19H15Cl2N7O2S. The second-order valence-electron chi connectivity index (χ2n) is 6.34. The summed E-state index contributed by atoms with van der Waals surface area (Å²) in [7, 11) is 0. The van der Waals surface area contributed by atoms with Gasteiger partial charge in [-0.1, -0.05) is 35.0 Å². The second-order valence-corrected chi connectivity index (χ2v) is 8.24. The molecule has 31 heavy (non-hydrogen) atoms. The molecule has 0 saturated carbocycles. The average Bonchev–Trinajstić information content (AvgIpc) is 3.19. The van der Waals surface area contributed by atoms with Crippen molar-refractivity contribution in [3.8, 4) is 11.3 Å². The highest BCUT2D eigenvalue weighted by Gasteiger charge is 2.14. The Morgan fingerprint density at radius 1 is 1.19 bits per heavy atom. The molecule has 3 aromatic heterocycles. The summed E-state index contributed by atoms with van der Waals surface area (Å²) in [5, 5.41) is 15.7. The molecule has 0 bridgehead atoms. The number of halogens is 2. The second kappa shape index (κ2) is 8.96. The first-order chi connectivity index (χ1) is 14.9. The van der Waals surface area contributed by atoms with Crippen LogP contribution < -0.4 is 11.1 Å². The highest BCUT2D eigenvalue weighted by Crippen LogP contribution is 2.31. The summed E-state index contributed by atoms with van der Waals surface area (Å²) >= 11 is 13.9. The number of anilines is 2. The van der Waals surface area contributed by atoms with Gasteiger partial charge in [0.15, 0.2) is 5.16 Å². The Morgan fingerprint density at radius 2 is 2.03 bits per heavy atom. The van der Waals surface area contributed by atoms with Crippen LogP contribution >= 0.6 is 35.0 Å². The molecule has 0 atom stereocenters. The van der Waals surface area contributed by atoms with Crippen molar-refractivity contribution < 1.29 is 4.92 Å². The van der Waals surface area contributed by atoms with Gasteiger partial charge >= 0.3 is 5.69 Å². The Balaban J connectivity index is 1.49. The van der Waals surface area contributed by atoms with E-state index in [1.807, 2.05) is 22.7 Å². The number of benzene rings is 1. The quantitative estimate of drug-likeness (QED) is 0.128. The van der Waals surface area contributed by atoms with Gasteiger partial charge in [-0.3, -0.25) is 14.5 Å². The summed E-state index contributed by atoms with van der Waals surface area (Å²) < 4.78 is 1.89. The van der Waals surface area contributed by atoms with Crippen LogP contribution in [-0.4, -0.2) is 36.6 Å². The predicted molar refractivity (Wildman–Crippen MR) is 123 cm³/mol. The van der Waals surface area contributed by atoms with E-state index < -0.39 is 4.92 Å². The molecule has 0 aliphatic rings. The molecule has 0 fully saturated rings. The summed E-state index contributed by atoms with van der Waals surface area (Å²) in [6.45, 7) is 0.540. The van der Waals surface area contributed by atoms with Crippen LogP contribution in [0.15, 0.2) is 53.9 Å². The molecule has 158 valence electrons. The number of rotatable bonds is 7. The Morgan fingerprint density at radius 3 is 2.77 bits per heavy atom. The molecule has 0 saturated heterocycles. The maximum Gasteiger partial charge on any atom is 0.311 e. The molecule has 4 rings (SSSR count). The molecule has 1 aromatic carbocycles. The minimum atomic E-state index is -0.566. The van der Waals surface area contributed by atoms with Gasteiger partial charge in [0.05, 0.1) is 15.6 Å². The van der Waals surface area contributed by atoms with E-state index in [2.05, 4.69) is 15.3 Å². The van der Waals surface area contributed by atoms with Crippen molar-refractivity contribution in [2.45, 2.75) is 5.16 Å². The van der Waals surface area contributed by atoms with Gasteiger partial charge in [0.1, 0.15) is 11.5 Å². The molecule has 0 aliphatic carbocycles. The lowest BCUT2D eigenvalue weighted by Crippen LogP contribution is -2.08. The number of aromatic nitrogens is 4. The summed E-state index contributed by atoms with van der Waals surface area (Å²) in [6.07, 6.45) is 3.54. The fourth-order valence-corrected chi connectivity index (χ4v) is 4.22. The lowest BCUT2D eigenvalue weighted by atomic mass is 10.1. The van der Waals surface area contributed by atoms with Crippen LogP contribution in [0.5, 0.6) is 0 Å². The first-order valence-corrected chi connectivity index (χ1v) is 10.7. The highest BCUT2D eigenvalue weighted by molar-refractivity contribution is 7.99. The van der Waals surface area contributed by atoms with E-state index in [1.54, 1.807) is 18.3 Å². The Hall–Kier alpha value is -3.08. The minimum Gasteiger partial charge on any atom is -0.378 e. The molecule has 3 heterocycles. The number of thioether (sulfide) groups is 1. The number of nitro groups is 1. The zero-order valence-electron chi connectivity index (χ0n) is 15.8. The molecular weight excluding hydrogens is 461 g/mol. The Bertz CT molecular complexity index is 1280. The van der Waals surface area contributed by atoms with Gasteiger partial charge in [0.25, 0.3) is 0 Å². The number of nitrogens with zero attached hydrogens (tertiary/aromatic N) is 5. The summed E-state index contributed by atoms with van der Waals surface area (Å²) in [6, 6.07) is 9.98. The number of nitrogens with two attached hydrogens (primary N) is 1. The minimum absolute atomic E-state index is 0.128. The normalized spacial score (nSPS) is 11.0. The molecule has 0 aliphatic heterocycles. The molecule has 0 spiro atoms. The van der Waals surface area contributed by atoms with E-state index in [1.165, 1.54) is 23.9 Å². The molecule has 12 heteroatoms. The van der Waals surface area contributed by atoms with Gasteiger partial charge in [-0.25, -0.2) is 15.0 Å². The van der Waals surface area contributed by atoms with Gasteiger partial charge in [-0.2, -0.15) is 0 Å². The van der Waals surface area contributed by atoms with Gasteiger partial charge < -0.3 is 11.1 Å². The third kappa shape index (κ3) is 4.66. The number of nitrogens with one attached hydrogen (secondary N) is 1. The van der Waals surface area contributed by atoms with Crippen molar-refractivity contribution in [3.63, 3.8) is 0 Å². The smallest absolute Gasteiger partial charge is 0.311 e. The van der Waals surface area contributed by atoms with Crippen molar-refractivity contribution in [1.29, 1.82) is 0 Å². The molecule has 3 N–H and O–H groups in total. The molecule has 0 amide bonds. The van der Waals surface area contributed by atoms with Gasteiger partial charge in [0, 0.05) is 47.4 Å². The van der Waals surface area contributed by atoms with Crippen molar-refractivity contribution in [2.75, 3.05) is 23.3 Å². The standard InChI is InChI=1S/C19H15Cl2N7O2S/c20-11-1-2-12(13(21)9-11)14-10-17-24-5-7-27(17)19(25-14)31-8-6-23-16-4-3-15(28(29)30)18(22)26-16/h1-5,7,9-10H,6,8H2,(H3,22,23,26). The van der Waals surface area contributed by atoms with Crippen LogP contribution in [0.3, 0.4) is 0 Å². The first kappa shape index (κ1) is 21.2. The van der Waals surface area contributed by atoms with E-state index in [4.69, 9.17) is 33.9 Å². The summed E-state index contributed by atoms with van der Waals surface area (Å²) in [5.41, 5.74) is 7.61. The van der Waals surface area contributed by atoms with Crippen LogP contribution in [-0.2, 0) is 0 Å². The van der Waals surface area contributed by atoms with Crippen molar-refractivity contribution >= 4 is 57.9 Å². The van der Waals surface area contributed by atoms with E-state index >= 15 is 0 Å². The van der Waals surface area contributed by atoms with Crippen LogP contribution in [0.25, 0.3) is 16.9 Å². The van der Waals surface area contributed by atoms with Crippen LogP contribution in [0.1, 0.15) is 0 Å². The Kier molecular flexibility index (Phi) is 6.12. The van der Waals surface area contributed by atoms with Gasteiger partial charge in [-0.15, -0.1) is 0 Å². The van der Waals surface area contributed by atoms with Crippen molar-refractivity contribution in [3.05, 3.63) is 69.0 Å². The summed E-state index contributed by atoms with van der Waals surface area (Å²) in [4.78, 5) is 23.4. The maximum absolute atomic E-state index is 10.8. The number of hydrogen-bond acceptors (Lipinski definition) is 8. The van der Waals surface area contributed by atoms with E-state index in [0.29, 0.717) is 33.9 Å². The highest BCUT2D eigenvalue weighted by atomic mass is 35.5. The summed E-state index contributed by atoms with van der Waals surface area (Å²) in [5.74, 6) is 0.986. The number of fused-ring (bicyclic) bond motifs is 1. The van der Waals surface area contributed by atoms with Crippen LogP contribution in [0.2, 0.25) is 10.0 Å². The molecule has 4 aromatic rings. The lowest BCUT2D eigenvalue weighted by molar-refractivity contribution is -0.384. The molecule has 0 radical (unpaired) electrons. The zero-order chi connectivity index (χ0) is 22.0. The fourth-order valence-electron chi connectivity index (χ4n) is 2.87. The fraction of sp³-hybridized carbons (Fsp3) is 0.105. The largest absolute Gasteiger partial charge is 0.378 e. The third-order valence-corrected chi connectivity index (χ3v) is 5.81. The van der Waals surface area contributed by atoms with E-state index in [0.717, 1.165) is 16.4 Å².